The average Bonchev–Trinajstić information content (AvgIpc) is 2.80. The molecule has 4 aromatic carbocycles. The fraction of sp³-hybridized carbons (Fsp3) is 0.0800. The maximum atomic E-state index is 13.1. The highest BCUT2D eigenvalue weighted by molar-refractivity contribution is 8.00. The van der Waals surface area contributed by atoms with Gasteiger partial charge in [-0.1, -0.05) is 66.7 Å². The first-order chi connectivity index (χ1) is 15.3. The minimum absolute atomic E-state index is 0.0296. The number of aromatic hydroxyl groups is 1. The van der Waals surface area contributed by atoms with E-state index in [1.165, 1.54) is 18.7 Å². The molecule has 5 nitrogen and oxygen atoms in total. The van der Waals surface area contributed by atoms with Gasteiger partial charge in [0.25, 0.3) is 10.0 Å². The Morgan fingerprint density at radius 3 is 2.12 bits per heavy atom. The van der Waals surface area contributed by atoms with Crippen LogP contribution in [0.4, 0.5) is 5.69 Å². The Labute approximate surface area is 191 Å². The van der Waals surface area contributed by atoms with Crippen LogP contribution in [0.1, 0.15) is 6.92 Å². The van der Waals surface area contributed by atoms with Crippen LogP contribution in [0.25, 0.3) is 21.9 Å². The second-order valence-electron chi connectivity index (χ2n) is 7.30. The van der Waals surface area contributed by atoms with Crippen molar-refractivity contribution in [2.75, 3.05) is 10.5 Å². The molecule has 0 unspecified atom stereocenters. The van der Waals surface area contributed by atoms with Crippen molar-refractivity contribution in [3.63, 3.8) is 0 Å². The zero-order valence-electron chi connectivity index (χ0n) is 17.3. The van der Waals surface area contributed by atoms with E-state index in [4.69, 9.17) is 0 Å². The Balaban J connectivity index is 1.70. The quantitative estimate of drug-likeness (QED) is 0.272. The fourth-order valence-electron chi connectivity index (χ4n) is 3.37. The SMILES string of the molecule is CC(=O)CSc1cc(NS(=O)(=O)c2ccc(-c3ccccc3)cc2)c2ccccc2c1O. The molecule has 0 atom stereocenters. The van der Waals surface area contributed by atoms with Gasteiger partial charge in [0.15, 0.2) is 0 Å². The number of thioether (sulfide) groups is 1. The molecule has 4 aromatic rings. The number of rotatable bonds is 7. The third kappa shape index (κ3) is 4.64. The summed E-state index contributed by atoms with van der Waals surface area (Å²) in [6, 6.07) is 25.0. The summed E-state index contributed by atoms with van der Waals surface area (Å²) in [5.41, 5.74) is 2.26. The third-order valence-corrected chi connectivity index (χ3v) is 7.48. The number of hydrogen-bond donors (Lipinski definition) is 2. The average molecular weight is 464 g/mol. The monoisotopic (exact) mass is 463 g/mol. The lowest BCUT2D eigenvalue weighted by Gasteiger charge is -2.15. The molecule has 0 aliphatic rings. The van der Waals surface area contributed by atoms with E-state index in [0.717, 1.165) is 11.1 Å². The Morgan fingerprint density at radius 1 is 0.875 bits per heavy atom. The lowest BCUT2D eigenvalue weighted by molar-refractivity contribution is -0.114. The molecule has 0 aromatic heterocycles. The van der Waals surface area contributed by atoms with Gasteiger partial charge in [-0.15, -0.1) is 11.8 Å². The first-order valence-electron chi connectivity index (χ1n) is 9.90. The van der Waals surface area contributed by atoms with Gasteiger partial charge in [0.2, 0.25) is 0 Å². The van der Waals surface area contributed by atoms with Crippen molar-refractivity contribution in [3.05, 3.63) is 84.9 Å². The highest BCUT2D eigenvalue weighted by Gasteiger charge is 2.19. The van der Waals surface area contributed by atoms with Crippen LogP contribution in [0, 0.1) is 0 Å². The zero-order valence-corrected chi connectivity index (χ0v) is 18.9. The van der Waals surface area contributed by atoms with Crippen LogP contribution in [0.2, 0.25) is 0 Å². The maximum absolute atomic E-state index is 13.1. The van der Waals surface area contributed by atoms with Gasteiger partial charge in [0.1, 0.15) is 11.5 Å². The fourth-order valence-corrected chi connectivity index (χ4v) is 5.25. The van der Waals surface area contributed by atoms with Crippen LogP contribution in [0.15, 0.2) is 94.7 Å². The summed E-state index contributed by atoms with van der Waals surface area (Å²) in [6.45, 7) is 1.47. The second-order valence-corrected chi connectivity index (χ2v) is 10.0. The zero-order chi connectivity index (χ0) is 22.7. The summed E-state index contributed by atoms with van der Waals surface area (Å²) in [6.07, 6.45) is 0. The van der Waals surface area contributed by atoms with Gasteiger partial charge in [0, 0.05) is 10.8 Å². The van der Waals surface area contributed by atoms with Crippen molar-refractivity contribution >= 4 is 44.0 Å². The number of hydrogen-bond acceptors (Lipinski definition) is 5. The molecular formula is C25H21NO4S2. The summed E-state index contributed by atoms with van der Waals surface area (Å²) in [5, 5.41) is 11.7. The van der Waals surface area contributed by atoms with Gasteiger partial charge < -0.3 is 5.11 Å². The first-order valence-corrected chi connectivity index (χ1v) is 12.4. The summed E-state index contributed by atoms with van der Waals surface area (Å²) >= 11 is 1.17. The van der Waals surface area contributed by atoms with Crippen LogP contribution in [0.3, 0.4) is 0 Å². The smallest absolute Gasteiger partial charge is 0.261 e. The van der Waals surface area contributed by atoms with Crippen molar-refractivity contribution in [1.29, 1.82) is 0 Å². The van der Waals surface area contributed by atoms with E-state index in [9.17, 15) is 18.3 Å². The van der Waals surface area contributed by atoms with E-state index in [-0.39, 0.29) is 22.2 Å². The number of benzene rings is 4. The second kappa shape index (κ2) is 9.06. The lowest BCUT2D eigenvalue weighted by Crippen LogP contribution is -2.13. The predicted octanol–water partition coefficient (Wildman–Crippen LogP) is 5.69. The molecule has 0 amide bonds. The predicted molar refractivity (Wildman–Crippen MR) is 130 cm³/mol. The lowest BCUT2D eigenvalue weighted by atomic mass is 10.1. The molecule has 162 valence electrons. The largest absolute Gasteiger partial charge is 0.506 e. The minimum atomic E-state index is -3.87. The third-order valence-electron chi connectivity index (χ3n) is 4.93. The number of carbonyl (C=O) groups excluding carboxylic acids is 1. The Kier molecular flexibility index (Phi) is 6.21. The van der Waals surface area contributed by atoms with Gasteiger partial charge >= 0.3 is 0 Å². The van der Waals surface area contributed by atoms with Crippen LogP contribution in [-0.4, -0.2) is 25.1 Å². The summed E-state index contributed by atoms with van der Waals surface area (Å²) < 4.78 is 28.9. The van der Waals surface area contributed by atoms with Gasteiger partial charge in [-0.2, -0.15) is 0 Å². The van der Waals surface area contributed by atoms with E-state index >= 15 is 0 Å². The molecular weight excluding hydrogens is 442 g/mol. The van der Waals surface area contributed by atoms with Crippen LogP contribution >= 0.6 is 11.8 Å². The Morgan fingerprint density at radius 2 is 1.47 bits per heavy atom. The van der Waals surface area contributed by atoms with Crippen molar-refractivity contribution in [1.82, 2.24) is 0 Å². The summed E-state index contributed by atoms with van der Waals surface area (Å²) in [5.74, 6) is 0.171. The molecule has 0 spiro atoms. The van der Waals surface area contributed by atoms with Crippen LogP contribution in [0.5, 0.6) is 5.75 Å². The first kappa shape index (κ1) is 21.9. The Bertz CT molecular complexity index is 1380. The van der Waals surface area contributed by atoms with E-state index in [1.807, 2.05) is 30.3 Å². The van der Waals surface area contributed by atoms with Crippen LogP contribution in [-0.2, 0) is 14.8 Å². The molecule has 0 heterocycles. The summed E-state index contributed by atoms with van der Waals surface area (Å²) in [4.78, 5) is 12.0. The molecule has 0 aliphatic carbocycles. The van der Waals surface area contributed by atoms with Gasteiger partial charge in [-0.05, 0) is 36.2 Å². The van der Waals surface area contributed by atoms with Gasteiger partial charge in [-0.3, -0.25) is 9.52 Å². The van der Waals surface area contributed by atoms with E-state index in [0.29, 0.717) is 21.4 Å². The van der Waals surface area contributed by atoms with Crippen LogP contribution < -0.4 is 4.72 Å². The highest BCUT2D eigenvalue weighted by Crippen LogP contribution is 2.40. The maximum Gasteiger partial charge on any atom is 0.261 e. The van der Waals surface area contributed by atoms with E-state index in [1.54, 1.807) is 54.6 Å². The van der Waals surface area contributed by atoms with Crippen molar-refractivity contribution in [2.24, 2.45) is 0 Å². The minimum Gasteiger partial charge on any atom is -0.506 e. The van der Waals surface area contributed by atoms with Crippen molar-refractivity contribution < 1.29 is 18.3 Å². The number of Topliss-reactive ketones (excluding diaryl/α,β-unsaturated/α-hetero) is 1. The number of sulfonamides is 1. The molecule has 0 aliphatic heterocycles. The van der Waals surface area contributed by atoms with Gasteiger partial charge in [0.05, 0.1) is 21.2 Å². The number of phenolic OH excluding ortho intramolecular Hbond substituents is 1. The number of carbonyl (C=O) groups is 1. The highest BCUT2D eigenvalue weighted by atomic mass is 32.2. The molecule has 0 radical (unpaired) electrons. The van der Waals surface area contributed by atoms with Gasteiger partial charge in [-0.25, -0.2) is 8.42 Å². The molecule has 7 heteroatoms. The standard InChI is InChI=1S/C25H21NO4S2/c1-17(27)16-31-24-15-23(21-9-5-6-10-22(21)25(24)28)26-32(29,30)20-13-11-19(12-14-20)18-7-3-2-4-8-18/h2-15,26,28H,16H2,1H3. The molecule has 0 saturated carbocycles. The van der Waals surface area contributed by atoms with Crippen molar-refractivity contribution in [3.8, 4) is 16.9 Å². The molecule has 4 rings (SSSR count). The van der Waals surface area contributed by atoms with E-state index < -0.39 is 10.0 Å². The molecule has 0 bridgehead atoms. The van der Waals surface area contributed by atoms with E-state index in [2.05, 4.69) is 4.72 Å². The number of anilines is 1. The molecule has 0 fully saturated rings. The number of ketones is 1. The Hall–Kier alpha value is -3.29. The topological polar surface area (TPSA) is 83.5 Å². The number of fused-ring (bicyclic) bond motifs is 1. The molecule has 2 N–H and O–H groups in total. The number of nitrogens with one attached hydrogen (secondary N) is 1. The normalized spacial score (nSPS) is 11.4. The number of phenols is 1. The molecule has 0 saturated heterocycles. The summed E-state index contributed by atoms with van der Waals surface area (Å²) in [7, 11) is -3.87. The van der Waals surface area contributed by atoms with Crippen molar-refractivity contribution in [2.45, 2.75) is 16.7 Å². The molecule has 32 heavy (non-hydrogen) atoms.